The van der Waals surface area contributed by atoms with Crippen molar-refractivity contribution in [2.75, 3.05) is 11.9 Å². The normalized spacial score (nSPS) is 17.4. The molecule has 1 aliphatic heterocycles. The maximum atomic E-state index is 12.7. The molecule has 1 saturated heterocycles. The minimum Gasteiger partial charge on any atom is -0.457 e. The summed E-state index contributed by atoms with van der Waals surface area (Å²) < 4.78 is 5.91. The summed E-state index contributed by atoms with van der Waals surface area (Å²) in [6.07, 6.45) is 4.13. The van der Waals surface area contributed by atoms with E-state index in [4.69, 9.17) is 4.74 Å². The van der Waals surface area contributed by atoms with Gasteiger partial charge < -0.3 is 15.4 Å². The highest BCUT2D eigenvalue weighted by molar-refractivity contribution is 6.10. The molecule has 2 aromatic rings. The van der Waals surface area contributed by atoms with Gasteiger partial charge >= 0.3 is 6.03 Å². The van der Waals surface area contributed by atoms with Crippen LogP contribution >= 0.6 is 0 Å². The smallest absolute Gasteiger partial charge is 0.325 e. The standard InChI is InChI=1S/C26H31N3O4/c1-4-25(2,3)18-7-11-20(12-8-18)33-21-13-9-19(10-14-21)27-22(30)17-29-23(31)26(28-24(29)32)15-5-6-16-26/h7-14H,4-6,15-17H2,1-3H3,(H,27,30)(H,28,32). The minimum absolute atomic E-state index is 0.121. The first-order valence-electron chi connectivity index (χ1n) is 11.5. The second-order valence-electron chi connectivity index (χ2n) is 9.55. The molecule has 1 heterocycles. The number of anilines is 1. The third-order valence-corrected chi connectivity index (χ3v) is 6.90. The van der Waals surface area contributed by atoms with Crippen molar-refractivity contribution in [2.45, 2.75) is 63.8 Å². The molecule has 0 aromatic heterocycles. The molecule has 2 aliphatic rings. The number of nitrogens with one attached hydrogen (secondary N) is 2. The Kier molecular flexibility index (Phi) is 6.15. The molecule has 0 bridgehead atoms. The van der Waals surface area contributed by atoms with Gasteiger partial charge in [-0.05, 0) is 66.6 Å². The van der Waals surface area contributed by atoms with Gasteiger partial charge in [-0.2, -0.15) is 0 Å². The molecular weight excluding hydrogens is 418 g/mol. The van der Waals surface area contributed by atoms with Crippen molar-refractivity contribution in [1.29, 1.82) is 0 Å². The zero-order valence-corrected chi connectivity index (χ0v) is 19.4. The van der Waals surface area contributed by atoms with Crippen LogP contribution < -0.4 is 15.4 Å². The van der Waals surface area contributed by atoms with Crippen molar-refractivity contribution in [3.05, 3.63) is 54.1 Å². The van der Waals surface area contributed by atoms with E-state index in [2.05, 4.69) is 43.5 Å². The number of carbonyl (C=O) groups is 3. The van der Waals surface area contributed by atoms with E-state index in [0.29, 0.717) is 24.3 Å². The minimum atomic E-state index is -0.805. The molecule has 4 amide bonds. The monoisotopic (exact) mass is 449 g/mol. The van der Waals surface area contributed by atoms with Crippen molar-refractivity contribution in [1.82, 2.24) is 10.2 Å². The number of ether oxygens (including phenoxy) is 1. The number of hydrogen-bond donors (Lipinski definition) is 2. The van der Waals surface area contributed by atoms with Crippen LogP contribution in [0, 0.1) is 0 Å². The van der Waals surface area contributed by atoms with Gasteiger partial charge in [-0.1, -0.05) is 45.7 Å². The zero-order chi connectivity index (χ0) is 23.6. The van der Waals surface area contributed by atoms with Crippen molar-refractivity contribution < 1.29 is 19.1 Å². The Bertz CT molecular complexity index is 1040. The average Bonchev–Trinajstić information content (AvgIpc) is 3.36. The fourth-order valence-corrected chi connectivity index (χ4v) is 4.40. The Morgan fingerprint density at radius 2 is 1.61 bits per heavy atom. The van der Waals surface area contributed by atoms with E-state index in [0.717, 1.165) is 29.9 Å². The van der Waals surface area contributed by atoms with Crippen molar-refractivity contribution in [3.63, 3.8) is 0 Å². The number of urea groups is 1. The topological polar surface area (TPSA) is 87.7 Å². The van der Waals surface area contributed by atoms with Crippen LogP contribution in [0.3, 0.4) is 0 Å². The predicted octanol–water partition coefficient (Wildman–Crippen LogP) is 4.97. The first-order chi connectivity index (χ1) is 15.7. The van der Waals surface area contributed by atoms with E-state index in [1.807, 2.05) is 12.1 Å². The first kappa shape index (κ1) is 22.8. The van der Waals surface area contributed by atoms with Gasteiger partial charge in [0.1, 0.15) is 23.6 Å². The van der Waals surface area contributed by atoms with Crippen LogP contribution in [0.1, 0.15) is 58.4 Å². The summed E-state index contributed by atoms with van der Waals surface area (Å²) in [7, 11) is 0. The molecule has 0 unspecified atom stereocenters. The Labute approximate surface area is 194 Å². The number of nitrogens with zero attached hydrogens (tertiary/aromatic N) is 1. The fraction of sp³-hybridized carbons (Fsp3) is 0.423. The van der Waals surface area contributed by atoms with Gasteiger partial charge in [0.2, 0.25) is 5.91 Å². The van der Waals surface area contributed by atoms with Gasteiger partial charge in [-0.25, -0.2) is 4.79 Å². The summed E-state index contributed by atoms with van der Waals surface area (Å²) in [5.74, 6) is 0.670. The molecule has 1 aliphatic carbocycles. The lowest BCUT2D eigenvalue weighted by Gasteiger charge is -2.23. The van der Waals surface area contributed by atoms with Gasteiger partial charge in [-0.15, -0.1) is 0 Å². The fourth-order valence-electron chi connectivity index (χ4n) is 4.40. The molecule has 7 nitrogen and oxygen atoms in total. The van der Waals surface area contributed by atoms with E-state index in [1.54, 1.807) is 24.3 Å². The SMILES string of the molecule is CCC(C)(C)c1ccc(Oc2ccc(NC(=O)CN3C(=O)NC4(CCCC4)C3=O)cc2)cc1. The summed E-state index contributed by atoms with van der Waals surface area (Å²) in [5, 5.41) is 5.53. The average molecular weight is 450 g/mol. The first-order valence-corrected chi connectivity index (χ1v) is 11.5. The van der Waals surface area contributed by atoms with E-state index >= 15 is 0 Å². The predicted molar refractivity (Wildman–Crippen MR) is 126 cm³/mol. The molecule has 4 rings (SSSR count). The second kappa shape index (κ2) is 8.89. The van der Waals surface area contributed by atoms with Crippen molar-refractivity contribution in [2.24, 2.45) is 0 Å². The van der Waals surface area contributed by atoms with E-state index < -0.39 is 17.5 Å². The lowest BCUT2D eigenvalue weighted by atomic mass is 9.82. The summed E-state index contributed by atoms with van der Waals surface area (Å²) in [5.41, 5.74) is 1.14. The van der Waals surface area contributed by atoms with Crippen molar-refractivity contribution >= 4 is 23.5 Å². The lowest BCUT2D eigenvalue weighted by Crippen LogP contribution is -2.44. The van der Waals surface area contributed by atoms with Crippen LogP contribution in [0.5, 0.6) is 11.5 Å². The van der Waals surface area contributed by atoms with E-state index in [9.17, 15) is 14.4 Å². The molecule has 7 heteroatoms. The van der Waals surface area contributed by atoms with Crippen LogP contribution in [0.4, 0.5) is 10.5 Å². The summed E-state index contributed by atoms with van der Waals surface area (Å²) >= 11 is 0. The molecule has 0 radical (unpaired) electrons. The third kappa shape index (κ3) is 4.72. The molecule has 0 atom stereocenters. The van der Waals surface area contributed by atoms with Gasteiger partial charge in [-0.3, -0.25) is 14.5 Å². The van der Waals surface area contributed by atoms with Crippen LogP contribution in [0.15, 0.2) is 48.5 Å². The van der Waals surface area contributed by atoms with Gasteiger partial charge in [0, 0.05) is 5.69 Å². The highest BCUT2D eigenvalue weighted by atomic mass is 16.5. The molecule has 2 N–H and O–H groups in total. The summed E-state index contributed by atoms with van der Waals surface area (Å²) in [6.45, 7) is 6.31. The molecule has 1 spiro atoms. The molecule has 2 aromatic carbocycles. The van der Waals surface area contributed by atoms with Gasteiger partial charge in [0.15, 0.2) is 0 Å². The number of carbonyl (C=O) groups excluding carboxylic acids is 3. The summed E-state index contributed by atoms with van der Waals surface area (Å²) in [4.78, 5) is 38.4. The number of amides is 4. The van der Waals surface area contributed by atoms with Crippen LogP contribution in [-0.4, -0.2) is 34.8 Å². The Morgan fingerprint density at radius 3 is 2.18 bits per heavy atom. The van der Waals surface area contributed by atoms with Crippen LogP contribution in [0.25, 0.3) is 0 Å². The number of benzene rings is 2. The quantitative estimate of drug-likeness (QED) is 0.584. The Morgan fingerprint density at radius 1 is 1.03 bits per heavy atom. The summed E-state index contributed by atoms with van der Waals surface area (Å²) in [6, 6.07) is 14.6. The van der Waals surface area contributed by atoms with Gasteiger partial charge in [0.05, 0.1) is 0 Å². The molecule has 174 valence electrons. The lowest BCUT2D eigenvalue weighted by molar-refractivity contribution is -0.133. The number of imide groups is 1. The molecule has 1 saturated carbocycles. The van der Waals surface area contributed by atoms with Gasteiger partial charge in [0.25, 0.3) is 5.91 Å². The maximum absolute atomic E-state index is 12.7. The van der Waals surface area contributed by atoms with Crippen molar-refractivity contribution in [3.8, 4) is 11.5 Å². The third-order valence-electron chi connectivity index (χ3n) is 6.90. The van der Waals surface area contributed by atoms with Crippen LogP contribution in [-0.2, 0) is 15.0 Å². The zero-order valence-electron chi connectivity index (χ0n) is 19.4. The highest BCUT2D eigenvalue weighted by Gasteiger charge is 2.52. The maximum Gasteiger partial charge on any atom is 0.325 e. The van der Waals surface area contributed by atoms with Crippen LogP contribution in [0.2, 0.25) is 0 Å². The van der Waals surface area contributed by atoms with E-state index in [-0.39, 0.29) is 17.9 Å². The van der Waals surface area contributed by atoms with E-state index in [1.165, 1.54) is 5.56 Å². The Hall–Kier alpha value is -3.35. The Balaban J connectivity index is 1.33. The number of rotatable bonds is 7. The highest BCUT2D eigenvalue weighted by Crippen LogP contribution is 2.35. The molecule has 33 heavy (non-hydrogen) atoms. The molecule has 2 fully saturated rings. The largest absolute Gasteiger partial charge is 0.457 e. The number of hydrogen-bond acceptors (Lipinski definition) is 4. The molecular formula is C26H31N3O4. The second-order valence-corrected chi connectivity index (χ2v) is 9.55.